The minimum absolute atomic E-state index is 0.0652. The molecule has 3 aromatic carbocycles. The molecule has 1 amide bonds. The van der Waals surface area contributed by atoms with Crippen LogP contribution in [-0.2, 0) is 23.1 Å². The molecule has 1 saturated carbocycles. The van der Waals surface area contributed by atoms with E-state index in [0.717, 1.165) is 43.7 Å². The molecule has 254 valence electrons. The summed E-state index contributed by atoms with van der Waals surface area (Å²) in [6.07, 6.45) is 6.38. The van der Waals surface area contributed by atoms with Crippen molar-refractivity contribution in [2.45, 2.75) is 77.0 Å². The highest BCUT2D eigenvalue weighted by atomic mass is 19.1. The van der Waals surface area contributed by atoms with E-state index < -0.39 is 29.7 Å². The molecule has 2 atom stereocenters. The molecule has 1 aromatic heterocycles. The third-order valence-electron chi connectivity index (χ3n) is 8.78. The van der Waals surface area contributed by atoms with Crippen molar-refractivity contribution in [1.82, 2.24) is 15.2 Å². The number of carbonyl (C=O) groups excluding carboxylic acids is 2. The average Bonchev–Trinajstić information content (AvgIpc) is 3.67. The number of benzene rings is 3. The molecule has 0 saturated heterocycles. The van der Waals surface area contributed by atoms with E-state index >= 15 is 0 Å². The molecule has 1 aliphatic rings. The van der Waals surface area contributed by atoms with Gasteiger partial charge in [-0.1, -0.05) is 45.0 Å². The van der Waals surface area contributed by atoms with Crippen molar-refractivity contribution in [1.29, 1.82) is 0 Å². The number of hydrogen-bond donors (Lipinski definition) is 2. The fraction of sp³-hybridized carbons (Fsp3) is 0.395. The highest BCUT2D eigenvalue weighted by molar-refractivity contribution is 5.99. The third-order valence-corrected chi connectivity index (χ3v) is 8.78. The van der Waals surface area contributed by atoms with Crippen LogP contribution in [0.15, 0.2) is 77.5 Å². The second kappa shape index (κ2) is 15.7. The fourth-order valence-electron chi connectivity index (χ4n) is 6.09. The maximum atomic E-state index is 14.1. The van der Waals surface area contributed by atoms with Gasteiger partial charge in [0.25, 0.3) is 5.91 Å². The molecule has 10 heteroatoms. The van der Waals surface area contributed by atoms with Gasteiger partial charge in [-0.05, 0) is 85.5 Å². The first-order valence-electron chi connectivity index (χ1n) is 16.7. The van der Waals surface area contributed by atoms with E-state index in [2.05, 4.69) is 35.4 Å². The Hall–Kier alpha value is -4.41. The number of halogens is 2. The van der Waals surface area contributed by atoms with Gasteiger partial charge in [-0.25, -0.2) is 18.6 Å². The van der Waals surface area contributed by atoms with Crippen molar-refractivity contribution in [3.8, 4) is 11.5 Å². The number of nitrogens with one attached hydrogen (secondary N) is 1. The Morgan fingerprint density at radius 1 is 0.979 bits per heavy atom. The summed E-state index contributed by atoms with van der Waals surface area (Å²) in [5, 5.41) is 3.60. The number of hydrogen-bond acceptors (Lipinski definition) is 7. The summed E-state index contributed by atoms with van der Waals surface area (Å²) in [5.41, 5.74) is 9.99. The van der Waals surface area contributed by atoms with Crippen molar-refractivity contribution < 1.29 is 27.5 Å². The number of aryl methyl sites for hydroxylation is 1. The van der Waals surface area contributed by atoms with Crippen LogP contribution in [0.2, 0.25) is 0 Å². The van der Waals surface area contributed by atoms with Gasteiger partial charge in [-0.3, -0.25) is 4.79 Å². The summed E-state index contributed by atoms with van der Waals surface area (Å²) in [6.45, 7) is 7.46. The lowest BCUT2D eigenvalue weighted by Gasteiger charge is -2.28. The summed E-state index contributed by atoms with van der Waals surface area (Å²) >= 11 is 0. The second-order valence-corrected chi connectivity index (χ2v) is 12.5. The normalized spacial score (nSPS) is 14.7. The van der Waals surface area contributed by atoms with Gasteiger partial charge < -0.3 is 25.1 Å². The standard InChI is InChI=1S/C38H44F2N4O4/c1-4-13-44(14-5-2)36(45)28-20-27(35-42-12-15-47-35)21-29(22-28)37(46)48-34(33(41)19-26-17-31(39)23-32(40)18-26)24-43-38(10-11-38)30-9-7-8-25(6-3)16-30/h7-9,12,15-18,20-23,33-34,43H,4-6,10-11,13-14,19,24,41H2,1-3H3. The molecular formula is C38H44F2N4O4. The van der Waals surface area contributed by atoms with Gasteiger partial charge in [0, 0.05) is 48.4 Å². The van der Waals surface area contributed by atoms with Gasteiger partial charge in [0.15, 0.2) is 0 Å². The molecule has 1 fully saturated rings. The molecule has 1 aliphatic carbocycles. The van der Waals surface area contributed by atoms with E-state index in [1.165, 1.54) is 36.2 Å². The smallest absolute Gasteiger partial charge is 0.338 e. The molecule has 3 N–H and O–H groups in total. The first-order valence-corrected chi connectivity index (χ1v) is 16.7. The predicted molar refractivity (Wildman–Crippen MR) is 180 cm³/mol. The fourth-order valence-corrected chi connectivity index (χ4v) is 6.09. The summed E-state index contributed by atoms with van der Waals surface area (Å²) in [6, 6.07) is 15.6. The van der Waals surface area contributed by atoms with Crippen LogP contribution in [0.1, 0.15) is 83.9 Å². The lowest BCUT2D eigenvalue weighted by Crippen LogP contribution is -2.48. The molecule has 0 bridgehead atoms. The summed E-state index contributed by atoms with van der Waals surface area (Å²) in [5.74, 6) is -2.08. The van der Waals surface area contributed by atoms with E-state index in [0.29, 0.717) is 29.8 Å². The number of amides is 1. The Kier molecular flexibility index (Phi) is 11.4. The number of rotatable bonds is 16. The Bertz CT molecular complexity index is 1680. The lowest BCUT2D eigenvalue weighted by molar-refractivity contribution is 0.0228. The van der Waals surface area contributed by atoms with Gasteiger partial charge >= 0.3 is 5.97 Å². The van der Waals surface area contributed by atoms with Crippen LogP contribution in [0.5, 0.6) is 0 Å². The molecule has 5 rings (SSSR count). The third kappa shape index (κ3) is 8.54. The molecule has 48 heavy (non-hydrogen) atoms. The Morgan fingerprint density at radius 3 is 2.31 bits per heavy atom. The number of nitrogens with two attached hydrogens (primary N) is 1. The van der Waals surface area contributed by atoms with Gasteiger partial charge in [-0.15, -0.1) is 0 Å². The maximum absolute atomic E-state index is 14.1. The van der Waals surface area contributed by atoms with E-state index in [1.54, 1.807) is 17.0 Å². The van der Waals surface area contributed by atoms with Crippen molar-refractivity contribution in [2.75, 3.05) is 19.6 Å². The Morgan fingerprint density at radius 2 is 1.69 bits per heavy atom. The van der Waals surface area contributed by atoms with Gasteiger partial charge in [0.2, 0.25) is 5.89 Å². The van der Waals surface area contributed by atoms with Crippen LogP contribution >= 0.6 is 0 Å². The van der Waals surface area contributed by atoms with Crippen molar-refractivity contribution in [2.24, 2.45) is 5.73 Å². The maximum Gasteiger partial charge on any atom is 0.338 e. The zero-order valence-corrected chi connectivity index (χ0v) is 27.8. The Balaban J connectivity index is 1.44. The quantitative estimate of drug-likeness (QED) is 0.127. The number of nitrogens with zero attached hydrogens (tertiary/aromatic N) is 2. The van der Waals surface area contributed by atoms with E-state index in [1.807, 2.05) is 19.9 Å². The van der Waals surface area contributed by atoms with Gasteiger partial charge in [0.1, 0.15) is 24.0 Å². The highest BCUT2D eigenvalue weighted by Crippen LogP contribution is 2.45. The summed E-state index contributed by atoms with van der Waals surface area (Å²) < 4.78 is 39.7. The molecule has 2 unspecified atom stereocenters. The first kappa shape index (κ1) is 34.9. The number of ether oxygens (including phenoxy) is 1. The van der Waals surface area contributed by atoms with E-state index in [-0.39, 0.29) is 35.9 Å². The van der Waals surface area contributed by atoms with Crippen LogP contribution in [0.25, 0.3) is 11.5 Å². The predicted octanol–water partition coefficient (Wildman–Crippen LogP) is 6.82. The Labute approximate surface area is 280 Å². The largest absolute Gasteiger partial charge is 0.456 e. The first-order chi connectivity index (χ1) is 23.1. The monoisotopic (exact) mass is 658 g/mol. The van der Waals surface area contributed by atoms with Crippen LogP contribution in [0.3, 0.4) is 0 Å². The zero-order valence-electron chi connectivity index (χ0n) is 27.8. The van der Waals surface area contributed by atoms with Crippen LogP contribution in [0, 0.1) is 11.6 Å². The van der Waals surface area contributed by atoms with E-state index in [4.69, 9.17) is 14.9 Å². The molecule has 0 aliphatic heterocycles. The minimum Gasteiger partial charge on any atom is -0.456 e. The second-order valence-electron chi connectivity index (χ2n) is 12.5. The van der Waals surface area contributed by atoms with Gasteiger partial charge in [-0.2, -0.15) is 0 Å². The topological polar surface area (TPSA) is 111 Å². The van der Waals surface area contributed by atoms with Gasteiger partial charge in [0.05, 0.1) is 11.8 Å². The average molecular weight is 659 g/mol. The van der Waals surface area contributed by atoms with Crippen LogP contribution < -0.4 is 11.1 Å². The lowest BCUT2D eigenvalue weighted by atomic mass is 9.98. The highest BCUT2D eigenvalue weighted by Gasteiger charge is 2.44. The minimum atomic E-state index is -0.878. The number of esters is 1. The van der Waals surface area contributed by atoms with Crippen molar-refractivity contribution >= 4 is 11.9 Å². The number of carbonyl (C=O) groups is 2. The summed E-state index contributed by atoms with van der Waals surface area (Å²) in [7, 11) is 0. The van der Waals surface area contributed by atoms with Crippen LogP contribution in [-0.4, -0.2) is 53.5 Å². The molecular weight excluding hydrogens is 614 g/mol. The molecule has 0 radical (unpaired) electrons. The SMILES string of the molecule is CCCN(CCC)C(=O)c1cc(C(=O)OC(CNC2(c3cccc(CC)c3)CC2)C(N)Cc2cc(F)cc(F)c2)cc(-c2ncco2)c1. The molecule has 0 spiro atoms. The molecule has 8 nitrogen and oxygen atoms in total. The van der Waals surface area contributed by atoms with Crippen molar-refractivity contribution in [3.63, 3.8) is 0 Å². The van der Waals surface area contributed by atoms with Crippen LogP contribution in [0.4, 0.5) is 8.78 Å². The summed E-state index contributed by atoms with van der Waals surface area (Å²) in [4.78, 5) is 33.6. The number of oxazole rings is 1. The zero-order chi connectivity index (χ0) is 34.3. The molecule has 1 heterocycles. The van der Waals surface area contributed by atoms with Crippen molar-refractivity contribution in [3.05, 3.63) is 113 Å². The molecule has 4 aromatic rings. The van der Waals surface area contributed by atoms with E-state index in [9.17, 15) is 18.4 Å². The number of aromatic nitrogens is 1.